The third kappa shape index (κ3) is 2.01. The smallest absolute Gasteiger partial charge is 0.111 e. The molecule has 3 rings (SSSR count). The number of nitrogens with zero attached hydrogens (tertiary/aromatic N) is 2. The van der Waals surface area contributed by atoms with Crippen LogP contribution < -0.4 is 5.32 Å². The molecule has 0 spiro atoms. The molecule has 17 heavy (non-hydrogen) atoms. The minimum Gasteiger partial charge on any atom is -0.331 e. The lowest BCUT2D eigenvalue weighted by Crippen LogP contribution is -2.27. The van der Waals surface area contributed by atoms with E-state index in [0.717, 1.165) is 25.4 Å². The minimum atomic E-state index is 0.542. The number of aromatic nitrogens is 2. The SMILES string of the molecule is CC(C)c1nc2c(n1CC1CCC1)CCNC2. The Morgan fingerprint density at radius 2 is 2.24 bits per heavy atom. The molecule has 1 N–H and O–H groups in total. The Balaban J connectivity index is 1.93. The molecule has 0 unspecified atom stereocenters. The fraction of sp³-hybridized carbons (Fsp3) is 0.786. The zero-order valence-electron chi connectivity index (χ0n) is 11.0. The first-order valence-corrected chi connectivity index (χ1v) is 7.04. The van der Waals surface area contributed by atoms with Crippen LogP contribution in [0.1, 0.15) is 56.2 Å². The lowest BCUT2D eigenvalue weighted by molar-refractivity contribution is 0.269. The summed E-state index contributed by atoms with van der Waals surface area (Å²) in [4.78, 5) is 4.86. The van der Waals surface area contributed by atoms with Crippen molar-refractivity contribution in [3.63, 3.8) is 0 Å². The van der Waals surface area contributed by atoms with Gasteiger partial charge in [0.15, 0.2) is 0 Å². The molecule has 1 aliphatic heterocycles. The van der Waals surface area contributed by atoms with E-state index >= 15 is 0 Å². The van der Waals surface area contributed by atoms with Gasteiger partial charge < -0.3 is 9.88 Å². The maximum absolute atomic E-state index is 4.86. The normalized spacial score (nSPS) is 20.4. The summed E-state index contributed by atoms with van der Waals surface area (Å²) in [5.41, 5.74) is 2.82. The number of nitrogens with one attached hydrogen (secondary N) is 1. The summed E-state index contributed by atoms with van der Waals surface area (Å²) in [5, 5.41) is 3.43. The summed E-state index contributed by atoms with van der Waals surface area (Å²) >= 11 is 0. The molecule has 0 radical (unpaired) electrons. The summed E-state index contributed by atoms with van der Waals surface area (Å²) in [7, 11) is 0. The Morgan fingerprint density at radius 1 is 1.41 bits per heavy atom. The van der Waals surface area contributed by atoms with Gasteiger partial charge in [0.1, 0.15) is 5.82 Å². The number of rotatable bonds is 3. The van der Waals surface area contributed by atoms with Crippen LogP contribution in [-0.4, -0.2) is 16.1 Å². The van der Waals surface area contributed by atoms with Crippen LogP contribution in [0.2, 0.25) is 0 Å². The van der Waals surface area contributed by atoms with E-state index in [1.165, 1.54) is 43.0 Å². The van der Waals surface area contributed by atoms with Crippen LogP contribution in [0, 0.1) is 5.92 Å². The van der Waals surface area contributed by atoms with E-state index in [0.29, 0.717) is 5.92 Å². The largest absolute Gasteiger partial charge is 0.331 e. The maximum Gasteiger partial charge on any atom is 0.111 e. The minimum absolute atomic E-state index is 0.542. The molecule has 3 nitrogen and oxygen atoms in total. The van der Waals surface area contributed by atoms with Crippen molar-refractivity contribution in [2.24, 2.45) is 5.92 Å². The molecule has 2 aliphatic rings. The zero-order chi connectivity index (χ0) is 11.8. The van der Waals surface area contributed by atoms with E-state index in [1.807, 2.05) is 0 Å². The number of imidazole rings is 1. The Morgan fingerprint density at radius 3 is 2.88 bits per heavy atom. The highest BCUT2D eigenvalue weighted by molar-refractivity contribution is 5.22. The average Bonchev–Trinajstić information content (AvgIpc) is 2.62. The van der Waals surface area contributed by atoms with Crippen LogP contribution in [0.25, 0.3) is 0 Å². The lowest BCUT2D eigenvalue weighted by atomic mass is 9.85. The van der Waals surface area contributed by atoms with Gasteiger partial charge in [-0.1, -0.05) is 20.3 Å². The first-order chi connectivity index (χ1) is 8.25. The third-order valence-electron chi connectivity index (χ3n) is 4.20. The van der Waals surface area contributed by atoms with Gasteiger partial charge in [-0.25, -0.2) is 4.98 Å². The molecule has 0 saturated heterocycles. The van der Waals surface area contributed by atoms with E-state index in [2.05, 4.69) is 23.7 Å². The monoisotopic (exact) mass is 233 g/mol. The summed E-state index contributed by atoms with van der Waals surface area (Å²) < 4.78 is 2.55. The average molecular weight is 233 g/mol. The van der Waals surface area contributed by atoms with E-state index in [-0.39, 0.29) is 0 Å². The van der Waals surface area contributed by atoms with Crippen molar-refractivity contribution in [3.8, 4) is 0 Å². The molecule has 0 amide bonds. The van der Waals surface area contributed by atoms with Gasteiger partial charge in [-0.2, -0.15) is 0 Å². The summed E-state index contributed by atoms with van der Waals surface area (Å²) in [6.45, 7) is 7.82. The van der Waals surface area contributed by atoms with E-state index in [9.17, 15) is 0 Å². The van der Waals surface area contributed by atoms with Crippen molar-refractivity contribution < 1.29 is 0 Å². The highest BCUT2D eigenvalue weighted by Gasteiger charge is 2.25. The molecular formula is C14H23N3. The molecule has 0 aromatic carbocycles. The van der Waals surface area contributed by atoms with Crippen molar-refractivity contribution in [2.45, 2.75) is 58.5 Å². The molecule has 1 aliphatic carbocycles. The molecule has 1 fully saturated rings. The van der Waals surface area contributed by atoms with Gasteiger partial charge >= 0.3 is 0 Å². The zero-order valence-corrected chi connectivity index (χ0v) is 11.0. The summed E-state index contributed by atoms with van der Waals surface area (Å²) in [6, 6.07) is 0. The van der Waals surface area contributed by atoms with Gasteiger partial charge in [-0.05, 0) is 18.8 Å². The lowest BCUT2D eigenvalue weighted by Gasteiger charge is -2.28. The quantitative estimate of drug-likeness (QED) is 0.869. The van der Waals surface area contributed by atoms with Crippen LogP contribution >= 0.6 is 0 Å². The second-order valence-corrected chi connectivity index (χ2v) is 5.85. The predicted molar refractivity (Wildman–Crippen MR) is 69.1 cm³/mol. The van der Waals surface area contributed by atoms with Crippen molar-refractivity contribution >= 4 is 0 Å². The second-order valence-electron chi connectivity index (χ2n) is 5.85. The Labute approximate surface area is 104 Å². The standard InChI is InChI=1S/C14H23N3/c1-10(2)14-16-12-8-15-7-6-13(12)17(14)9-11-4-3-5-11/h10-11,15H,3-9H2,1-2H3. The van der Waals surface area contributed by atoms with E-state index in [1.54, 1.807) is 0 Å². The predicted octanol–water partition coefficient (Wildman–Crippen LogP) is 2.45. The summed E-state index contributed by atoms with van der Waals surface area (Å²) in [6.07, 6.45) is 5.42. The van der Waals surface area contributed by atoms with Gasteiger partial charge in [0, 0.05) is 37.7 Å². The molecule has 0 atom stereocenters. The number of hydrogen-bond acceptors (Lipinski definition) is 2. The fourth-order valence-electron chi connectivity index (χ4n) is 2.97. The third-order valence-corrected chi connectivity index (χ3v) is 4.20. The van der Waals surface area contributed by atoms with Gasteiger partial charge in [0.25, 0.3) is 0 Å². The van der Waals surface area contributed by atoms with Crippen molar-refractivity contribution in [3.05, 3.63) is 17.2 Å². The van der Waals surface area contributed by atoms with Crippen LogP contribution in [0.15, 0.2) is 0 Å². The first-order valence-electron chi connectivity index (χ1n) is 7.04. The second kappa shape index (κ2) is 4.45. The van der Waals surface area contributed by atoms with Gasteiger partial charge in [-0.15, -0.1) is 0 Å². The van der Waals surface area contributed by atoms with Crippen LogP contribution in [-0.2, 0) is 19.5 Å². The molecule has 3 heteroatoms. The Bertz CT molecular complexity index is 402. The molecule has 0 bridgehead atoms. The number of hydrogen-bond donors (Lipinski definition) is 1. The van der Waals surface area contributed by atoms with Crippen LogP contribution in [0.4, 0.5) is 0 Å². The molecule has 1 aromatic rings. The highest BCUT2D eigenvalue weighted by atomic mass is 15.1. The molecular weight excluding hydrogens is 210 g/mol. The first kappa shape index (κ1) is 11.3. The van der Waals surface area contributed by atoms with Gasteiger partial charge in [-0.3, -0.25) is 0 Å². The van der Waals surface area contributed by atoms with Crippen LogP contribution in [0.5, 0.6) is 0 Å². The Kier molecular flexibility index (Phi) is 2.95. The van der Waals surface area contributed by atoms with Crippen LogP contribution in [0.3, 0.4) is 0 Å². The topological polar surface area (TPSA) is 29.9 Å². The Hall–Kier alpha value is -0.830. The highest BCUT2D eigenvalue weighted by Crippen LogP contribution is 2.31. The molecule has 1 saturated carbocycles. The van der Waals surface area contributed by atoms with Gasteiger partial charge in [0.05, 0.1) is 5.69 Å². The van der Waals surface area contributed by atoms with Gasteiger partial charge in [0.2, 0.25) is 0 Å². The van der Waals surface area contributed by atoms with Crippen molar-refractivity contribution in [1.29, 1.82) is 0 Å². The maximum atomic E-state index is 4.86. The van der Waals surface area contributed by atoms with Crippen molar-refractivity contribution in [1.82, 2.24) is 14.9 Å². The summed E-state index contributed by atoms with van der Waals surface area (Å²) in [5.74, 6) is 2.77. The van der Waals surface area contributed by atoms with E-state index < -0.39 is 0 Å². The molecule has 1 aromatic heterocycles. The van der Waals surface area contributed by atoms with Crippen molar-refractivity contribution in [2.75, 3.05) is 6.54 Å². The number of fused-ring (bicyclic) bond motifs is 1. The molecule has 2 heterocycles. The fourth-order valence-corrected chi connectivity index (χ4v) is 2.97. The van der Waals surface area contributed by atoms with E-state index in [4.69, 9.17) is 4.98 Å². The molecule has 94 valence electrons.